The molecule has 26 heavy (non-hydrogen) atoms. The van der Waals surface area contributed by atoms with Gasteiger partial charge in [-0.25, -0.2) is 4.39 Å². The SMILES string of the molecule is CC(=O)N1CCN(C(=O)CCNC(=O)C2CC2c2ccc(F)cc2)CC1. The molecule has 140 valence electrons. The summed E-state index contributed by atoms with van der Waals surface area (Å²) in [6, 6.07) is 6.26. The summed E-state index contributed by atoms with van der Waals surface area (Å²) >= 11 is 0. The van der Waals surface area contributed by atoms with Crippen LogP contribution in [0.3, 0.4) is 0 Å². The van der Waals surface area contributed by atoms with Gasteiger partial charge < -0.3 is 15.1 Å². The third kappa shape index (κ3) is 4.39. The Kier molecular flexibility index (Phi) is 5.54. The Bertz CT molecular complexity index is 684. The summed E-state index contributed by atoms with van der Waals surface area (Å²) in [5.74, 6) is -0.240. The molecule has 6 nitrogen and oxygen atoms in total. The zero-order valence-corrected chi connectivity index (χ0v) is 14.9. The van der Waals surface area contributed by atoms with Crippen LogP contribution in [0.1, 0.15) is 31.2 Å². The van der Waals surface area contributed by atoms with Crippen molar-refractivity contribution in [3.05, 3.63) is 35.6 Å². The second kappa shape index (κ2) is 7.85. The van der Waals surface area contributed by atoms with E-state index in [2.05, 4.69) is 5.32 Å². The quantitative estimate of drug-likeness (QED) is 0.855. The molecule has 0 aromatic heterocycles. The summed E-state index contributed by atoms with van der Waals surface area (Å²) in [6.07, 6.45) is 1.03. The van der Waals surface area contributed by atoms with Crippen molar-refractivity contribution in [2.75, 3.05) is 32.7 Å². The summed E-state index contributed by atoms with van der Waals surface area (Å²) in [7, 11) is 0. The molecule has 1 saturated heterocycles. The lowest BCUT2D eigenvalue weighted by Gasteiger charge is -2.34. The first-order valence-electron chi connectivity index (χ1n) is 9.02. The summed E-state index contributed by atoms with van der Waals surface area (Å²) < 4.78 is 12.9. The molecular formula is C19H24FN3O3. The molecule has 1 N–H and O–H groups in total. The summed E-state index contributed by atoms with van der Waals surface area (Å²) in [5.41, 5.74) is 0.978. The van der Waals surface area contributed by atoms with E-state index in [1.165, 1.54) is 19.1 Å². The van der Waals surface area contributed by atoms with Gasteiger partial charge in [0.2, 0.25) is 17.7 Å². The largest absolute Gasteiger partial charge is 0.355 e. The maximum atomic E-state index is 12.9. The first kappa shape index (κ1) is 18.4. The highest BCUT2D eigenvalue weighted by Gasteiger charge is 2.43. The Labute approximate surface area is 152 Å². The minimum atomic E-state index is -0.280. The first-order valence-corrected chi connectivity index (χ1v) is 9.02. The molecular weight excluding hydrogens is 337 g/mol. The van der Waals surface area contributed by atoms with Crippen LogP contribution >= 0.6 is 0 Å². The van der Waals surface area contributed by atoms with E-state index in [1.54, 1.807) is 21.9 Å². The van der Waals surface area contributed by atoms with Crippen molar-refractivity contribution in [1.82, 2.24) is 15.1 Å². The van der Waals surface area contributed by atoms with Gasteiger partial charge in [-0.1, -0.05) is 12.1 Å². The predicted octanol–water partition coefficient (Wildman–Crippen LogP) is 1.13. The van der Waals surface area contributed by atoms with Crippen molar-refractivity contribution in [2.45, 2.75) is 25.7 Å². The first-order chi connectivity index (χ1) is 12.5. The van der Waals surface area contributed by atoms with Gasteiger partial charge in [-0.15, -0.1) is 0 Å². The number of hydrogen-bond acceptors (Lipinski definition) is 3. The van der Waals surface area contributed by atoms with Gasteiger partial charge in [-0.05, 0) is 30.0 Å². The van der Waals surface area contributed by atoms with Crippen LogP contribution in [0.2, 0.25) is 0 Å². The fourth-order valence-electron chi connectivity index (χ4n) is 3.42. The van der Waals surface area contributed by atoms with Crippen LogP contribution in [0.15, 0.2) is 24.3 Å². The Morgan fingerprint density at radius 1 is 1.08 bits per heavy atom. The minimum absolute atomic E-state index is 0.000571. The topological polar surface area (TPSA) is 69.7 Å². The zero-order chi connectivity index (χ0) is 18.7. The van der Waals surface area contributed by atoms with Crippen molar-refractivity contribution in [3.8, 4) is 0 Å². The van der Waals surface area contributed by atoms with Crippen LogP contribution in [0, 0.1) is 11.7 Å². The lowest BCUT2D eigenvalue weighted by molar-refractivity contribution is -0.138. The van der Waals surface area contributed by atoms with E-state index in [-0.39, 0.29) is 41.8 Å². The smallest absolute Gasteiger partial charge is 0.224 e. The van der Waals surface area contributed by atoms with Gasteiger partial charge in [0.25, 0.3) is 0 Å². The average Bonchev–Trinajstić information content (AvgIpc) is 3.43. The van der Waals surface area contributed by atoms with Crippen LogP contribution < -0.4 is 5.32 Å². The second-order valence-corrected chi connectivity index (χ2v) is 6.93. The number of amides is 3. The lowest BCUT2D eigenvalue weighted by atomic mass is 10.1. The number of benzene rings is 1. The summed E-state index contributed by atoms with van der Waals surface area (Å²) in [4.78, 5) is 39.1. The number of halogens is 1. The van der Waals surface area contributed by atoms with Gasteiger partial charge in [0.05, 0.1) is 0 Å². The number of carbonyl (C=O) groups is 3. The van der Waals surface area contributed by atoms with E-state index < -0.39 is 0 Å². The Morgan fingerprint density at radius 3 is 2.31 bits per heavy atom. The van der Waals surface area contributed by atoms with E-state index >= 15 is 0 Å². The van der Waals surface area contributed by atoms with Gasteiger partial charge in [-0.2, -0.15) is 0 Å². The van der Waals surface area contributed by atoms with Crippen LogP contribution in [0.5, 0.6) is 0 Å². The van der Waals surface area contributed by atoms with E-state index in [9.17, 15) is 18.8 Å². The van der Waals surface area contributed by atoms with E-state index in [1.807, 2.05) is 0 Å². The number of nitrogens with zero attached hydrogens (tertiary/aromatic N) is 2. The highest BCUT2D eigenvalue weighted by molar-refractivity contribution is 5.84. The zero-order valence-electron chi connectivity index (χ0n) is 14.9. The molecule has 3 amide bonds. The van der Waals surface area contributed by atoms with Crippen molar-refractivity contribution < 1.29 is 18.8 Å². The van der Waals surface area contributed by atoms with E-state index in [4.69, 9.17) is 0 Å². The molecule has 1 aliphatic heterocycles. The molecule has 1 aromatic rings. The van der Waals surface area contributed by atoms with E-state index in [0.29, 0.717) is 32.7 Å². The molecule has 7 heteroatoms. The molecule has 1 aliphatic carbocycles. The fraction of sp³-hybridized carbons (Fsp3) is 0.526. The molecule has 1 heterocycles. The Balaban J connectivity index is 1.36. The number of piperazine rings is 1. The van der Waals surface area contributed by atoms with Crippen molar-refractivity contribution >= 4 is 17.7 Å². The number of nitrogens with one attached hydrogen (secondary N) is 1. The van der Waals surface area contributed by atoms with Crippen LogP contribution in [-0.2, 0) is 14.4 Å². The predicted molar refractivity (Wildman–Crippen MR) is 93.7 cm³/mol. The number of hydrogen-bond donors (Lipinski definition) is 1. The van der Waals surface area contributed by atoms with Gasteiger partial charge in [0, 0.05) is 52.0 Å². The maximum absolute atomic E-state index is 12.9. The molecule has 0 bridgehead atoms. The minimum Gasteiger partial charge on any atom is -0.355 e. The van der Waals surface area contributed by atoms with Crippen LogP contribution in [0.4, 0.5) is 4.39 Å². The van der Waals surface area contributed by atoms with Crippen LogP contribution in [0.25, 0.3) is 0 Å². The average molecular weight is 361 g/mol. The van der Waals surface area contributed by atoms with Gasteiger partial charge in [-0.3, -0.25) is 14.4 Å². The van der Waals surface area contributed by atoms with Gasteiger partial charge >= 0.3 is 0 Å². The summed E-state index contributed by atoms with van der Waals surface area (Å²) in [5, 5.41) is 2.83. The molecule has 2 unspecified atom stereocenters. The molecule has 1 aromatic carbocycles. The molecule has 1 saturated carbocycles. The normalized spacial score (nSPS) is 22.1. The van der Waals surface area contributed by atoms with Crippen molar-refractivity contribution in [2.24, 2.45) is 5.92 Å². The molecule has 0 radical (unpaired) electrons. The van der Waals surface area contributed by atoms with E-state index in [0.717, 1.165) is 12.0 Å². The van der Waals surface area contributed by atoms with Crippen molar-refractivity contribution in [3.63, 3.8) is 0 Å². The number of rotatable bonds is 5. The molecule has 3 rings (SSSR count). The number of carbonyl (C=O) groups excluding carboxylic acids is 3. The molecule has 0 spiro atoms. The maximum Gasteiger partial charge on any atom is 0.224 e. The third-order valence-electron chi connectivity index (χ3n) is 5.14. The van der Waals surface area contributed by atoms with Gasteiger partial charge in [0.15, 0.2) is 0 Å². The molecule has 2 fully saturated rings. The summed E-state index contributed by atoms with van der Waals surface area (Å²) in [6.45, 7) is 4.06. The third-order valence-corrected chi connectivity index (χ3v) is 5.14. The van der Waals surface area contributed by atoms with Gasteiger partial charge in [0.1, 0.15) is 5.82 Å². The highest BCUT2D eigenvalue weighted by atomic mass is 19.1. The monoisotopic (exact) mass is 361 g/mol. The Morgan fingerprint density at radius 2 is 1.69 bits per heavy atom. The standard InChI is InChI=1S/C19H24FN3O3/c1-13(24)22-8-10-23(11-9-22)18(25)6-7-21-19(26)17-12-16(17)14-2-4-15(20)5-3-14/h2-5,16-17H,6-12H2,1H3,(H,21,26). The molecule has 2 atom stereocenters. The molecule has 2 aliphatic rings. The fourth-order valence-corrected chi connectivity index (χ4v) is 3.42. The highest BCUT2D eigenvalue weighted by Crippen LogP contribution is 2.47. The second-order valence-electron chi connectivity index (χ2n) is 6.93. The van der Waals surface area contributed by atoms with Crippen LogP contribution in [-0.4, -0.2) is 60.2 Å². The van der Waals surface area contributed by atoms with Crippen molar-refractivity contribution in [1.29, 1.82) is 0 Å². The Hall–Kier alpha value is -2.44. The lowest BCUT2D eigenvalue weighted by Crippen LogP contribution is -2.50.